The zero-order valence-electron chi connectivity index (χ0n) is 8.90. The lowest BCUT2D eigenvalue weighted by atomic mass is 10.0. The number of rotatable bonds is 5. The fourth-order valence-corrected chi connectivity index (χ4v) is 3.04. The summed E-state index contributed by atoms with van der Waals surface area (Å²) in [4.78, 5) is 14.7. The van der Waals surface area contributed by atoms with Gasteiger partial charge in [-0.2, -0.15) is 0 Å². The van der Waals surface area contributed by atoms with E-state index in [0.717, 1.165) is 12.5 Å². The van der Waals surface area contributed by atoms with Crippen LogP contribution in [0.25, 0.3) is 0 Å². The van der Waals surface area contributed by atoms with Crippen LogP contribution >= 0.6 is 11.3 Å². The first-order valence-corrected chi connectivity index (χ1v) is 6.50. The summed E-state index contributed by atoms with van der Waals surface area (Å²) in [5.41, 5.74) is 2.24. The third kappa shape index (κ3) is 1.69. The van der Waals surface area contributed by atoms with Gasteiger partial charge in [0.05, 0.1) is 5.51 Å². The molecule has 2 aliphatic carbocycles. The standard InChI is InChI=1S/C11H14N2O2S/c14-10(15)8-9(16-6-13-8)12-5-11(3-4-11)7-1-2-7/h6-7,12H,1-5H2,(H,14,15). The van der Waals surface area contributed by atoms with E-state index in [1.165, 1.54) is 37.0 Å². The summed E-state index contributed by atoms with van der Waals surface area (Å²) in [6, 6.07) is 0. The predicted molar refractivity (Wildman–Crippen MR) is 62.0 cm³/mol. The van der Waals surface area contributed by atoms with Gasteiger partial charge in [-0.15, -0.1) is 11.3 Å². The number of carboxylic acid groups (broad SMARTS) is 1. The molecule has 0 aliphatic heterocycles. The normalized spacial score (nSPS) is 21.8. The number of carbonyl (C=O) groups is 1. The Labute approximate surface area is 97.7 Å². The van der Waals surface area contributed by atoms with Crippen LogP contribution in [-0.2, 0) is 0 Å². The van der Waals surface area contributed by atoms with Gasteiger partial charge in [0.1, 0.15) is 5.00 Å². The average Bonchev–Trinajstić information content (AvgIpc) is 3.13. The van der Waals surface area contributed by atoms with Crippen LogP contribution in [-0.4, -0.2) is 22.6 Å². The Morgan fingerprint density at radius 1 is 1.62 bits per heavy atom. The average molecular weight is 238 g/mol. The molecule has 1 aromatic rings. The van der Waals surface area contributed by atoms with Crippen LogP contribution in [0.3, 0.4) is 0 Å². The second-order valence-electron chi connectivity index (χ2n) is 4.83. The number of aromatic nitrogens is 1. The third-order valence-corrected chi connectivity index (χ3v) is 4.49. The van der Waals surface area contributed by atoms with Crippen LogP contribution in [0.4, 0.5) is 5.00 Å². The molecule has 2 fully saturated rings. The fourth-order valence-electron chi connectivity index (χ4n) is 2.37. The van der Waals surface area contributed by atoms with Crippen LogP contribution in [0.5, 0.6) is 0 Å². The second-order valence-corrected chi connectivity index (χ2v) is 5.68. The number of aromatic carboxylic acids is 1. The summed E-state index contributed by atoms with van der Waals surface area (Å²) in [7, 11) is 0. The van der Waals surface area contributed by atoms with Gasteiger partial charge in [0.2, 0.25) is 0 Å². The summed E-state index contributed by atoms with van der Waals surface area (Å²) >= 11 is 1.38. The smallest absolute Gasteiger partial charge is 0.357 e. The molecule has 0 aromatic carbocycles. The molecule has 0 amide bonds. The Morgan fingerprint density at radius 2 is 2.38 bits per heavy atom. The molecule has 0 bridgehead atoms. The highest BCUT2D eigenvalue weighted by Gasteiger charge is 2.53. The Kier molecular flexibility index (Phi) is 2.17. The molecule has 1 heterocycles. The van der Waals surface area contributed by atoms with E-state index in [1.54, 1.807) is 5.51 Å². The van der Waals surface area contributed by atoms with Crippen molar-refractivity contribution >= 4 is 22.3 Å². The van der Waals surface area contributed by atoms with Gasteiger partial charge in [-0.1, -0.05) is 0 Å². The van der Waals surface area contributed by atoms with Crippen LogP contribution in [0.2, 0.25) is 0 Å². The largest absolute Gasteiger partial charge is 0.476 e. The molecule has 2 aliphatic rings. The van der Waals surface area contributed by atoms with E-state index in [9.17, 15) is 4.79 Å². The molecule has 16 heavy (non-hydrogen) atoms. The number of nitrogens with zero attached hydrogens (tertiary/aromatic N) is 1. The van der Waals surface area contributed by atoms with Gasteiger partial charge in [-0.25, -0.2) is 9.78 Å². The maximum atomic E-state index is 10.9. The number of hydrogen-bond acceptors (Lipinski definition) is 4. The van der Waals surface area contributed by atoms with Crippen molar-refractivity contribution in [1.82, 2.24) is 4.98 Å². The first kappa shape index (κ1) is 10.1. The van der Waals surface area contributed by atoms with Crippen molar-refractivity contribution in [1.29, 1.82) is 0 Å². The van der Waals surface area contributed by atoms with Crippen LogP contribution in [0, 0.1) is 11.3 Å². The molecule has 86 valence electrons. The van der Waals surface area contributed by atoms with Gasteiger partial charge >= 0.3 is 5.97 Å². The summed E-state index contributed by atoms with van der Waals surface area (Å²) in [5, 5.41) is 12.9. The van der Waals surface area contributed by atoms with Gasteiger partial charge < -0.3 is 10.4 Å². The second kappa shape index (κ2) is 3.45. The number of hydrogen-bond donors (Lipinski definition) is 2. The molecular weight excluding hydrogens is 224 g/mol. The van der Waals surface area contributed by atoms with Crippen molar-refractivity contribution in [3.63, 3.8) is 0 Å². The lowest BCUT2D eigenvalue weighted by Crippen LogP contribution is -2.18. The van der Waals surface area contributed by atoms with Crippen molar-refractivity contribution in [2.75, 3.05) is 11.9 Å². The molecule has 0 atom stereocenters. The van der Waals surface area contributed by atoms with Crippen LogP contribution in [0.1, 0.15) is 36.2 Å². The predicted octanol–water partition coefficient (Wildman–Crippen LogP) is 2.44. The van der Waals surface area contributed by atoms with E-state index in [2.05, 4.69) is 10.3 Å². The van der Waals surface area contributed by atoms with E-state index >= 15 is 0 Å². The zero-order chi connectivity index (χ0) is 11.2. The van der Waals surface area contributed by atoms with Crippen molar-refractivity contribution in [3.8, 4) is 0 Å². The van der Waals surface area contributed by atoms with Crippen molar-refractivity contribution < 1.29 is 9.90 Å². The number of anilines is 1. The molecule has 5 heteroatoms. The SMILES string of the molecule is O=C(O)c1ncsc1NCC1(C2CC2)CC1. The van der Waals surface area contributed by atoms with Gasteiger partial charge in [0.25, 0.3) is 0 Å². The highest BCUT2D eigenvalue weighted by molar-refractivity contribution is 7.14. The van der Waals surface area contributed by atoms with E-state index < -0.39 is 5.97 Å². The molecule has 3 rings (SSSR count). The molecule has 2 N–H and O–H groups in total. The third-order valence-electron chi connectivity index (χ3n) is 3.71. The summed E-state index contributed by atoms with van der Waals surface area (Å²) in [5.74, 6) is -0.0544. The van der Waals surface area contributed by atoms with Crippen LogP contribution < -0.4 is 5.32 Å². The van der Waals surface area contributed by atoms with Gasteiger partial charge in [0.15, 0.2) is 5.69 Å². The Bertz CT molecular complexity index is 421. The number of thiazole rings is 1. The Balaban J connectivity index is 1.66. The monoisotopic (exact) mass is 238 g/mol. The van der Waals surface area contributed by atoms with Gasteiger partial charge in [-0.05, 0) is 37.0 Å². The molecule has 2 saturated carbocycles. The van der Waals surface area contributed by atoms with Gasteiger partial charge in [-0.3, -0.25) is 0 Å². The minimum absolute atomic E-state index is 0.164. The lowest BCUT2D eigenvalue weighted by molar-refractivity contribution is 0.0692. The molecule has 0 saturated heterocycles. The van der Waals surface area contributed by atoms with Crippen molar-refractivity contribution in [2.45, 2.75) is 25.7 Å². The number of carboxylic acids is 1. The van der Waals surface area contributed by atoms with E-state index in [1.807, 2.05) is 0 Å². The van der Waals surface area contributed by atoms with E-state index in [-0.39, 0.29) is 5.69 Å². The molecule has 0 radical (unpaired) electrons. The van der Waals surface area contributed by atoms with E-state index in [0.29, 0.717) is 10.4 Å². The zero-order valence-corrected chi connectivity index (χ0v) is 9.72. The summed E-state index contributed by atoms with van der Waals surface area (Å²) < 4.78 is 0. The summed E-state index contributed by atoms with van der Waals surface area (Å²) in [6.07, 6.45) is 5.31. The highest BCUT2D eigenvalue weighted by Crippen LogP contribution is 2.61. The fraction of sp³-hybridized carbons (Fsp3) is 0.636. The first-order chi connectivity index (χ1) is 7.71. The molecule has 0 spiro atoms. The Hall–Kier alpha value is -1.10. The van der Waals surface area contributed by atoms with Crippen molar-refractivity contribution in [3.05, 3.63) is 11.2 Å². The van der Waals surface area contributed by atoms with Crippen molar-refractivity contribution in [2.24, 2.45) is 11.3 Å². The molecule has 4 nitrogen and oxygen atoms in total. The molecule has 1 aromatic heterocycles. The quantitative estimate of drug-likeness (QED) is 0.827. The molecule has 0 unspecified atom stereocenters. The molecular formula is C11H14N2O2S. The maximum Gasteiger partial charge on any atom is 0.357 e. The highest BCUT2D eigenvalue weighted by atomic mass is 32.1. The number of nitrogens with one attached hydrogen (secondary N) is 1. The Morgan fingerprint density at radius 3 is 2.94 bits per heavy atom. The minimum Gasteiger partial charge on any atom is -0.476 e. The topological polar surface area (TPSA) is 62.2 Å². The van der Waals surface area contributed by atoms with Gasteiger partial charge in [0, 0.05) is 6.54 Å². The summed E-state index contributed by atoms with van der Waals surface area (Å²) in [6.45, 7) is 0.917. The van der Waals surface area contributed by atoms with E-state index in [4.69, 9.17) is 5.11 Å². The van der Waals surface area contributed by atoms with Crippen LogP contribution in [0.15, 0.2) is 5.51 Å². The first-order valence-electron chi connectivity index (χ1n) is 5.62. The lowest BCUT2D eigenvalue weighted by Gasteiger charge is -2.14. The maximum absolute atomic E-state index is 10.9. The minimum atomic E-state index is -0.944.